The molecule has 0 saturated carbocycles. The first-order chi connectivity index (χ1) is 11.7. The smallest absolute Gasteiger partial charge is 0.251 e. The lowest BCUT2D eigenvalue weighted by molar-refractivity contribution is 0.0949. The Labute approximate surface area is 142 Å². The van der Waals surface area contributed by atoms with Crippen molar-refractivity contribution in [3.05, 3.63) is 53.1 Å². The van der Waals surface area contributed by atoms with Gasteiger partial charge in [-0.1, -0.05) is 6.07 Å². The van der Waals surface area contributed by atoms with E-state index in [2.05, 4.69) is 10.6 Å². The van der Waals surface area contributed by atoms with Gasteiger partial charge >= 0.3 is 0 Å². The number of rotatable bonds is 5. The molecule has 5 heteroatoms. The Balaban J connectivity index is 1.75. The number of methoxy groups -OCH3 is 2. The molecule has 1 heterocycles. The van der Waals surface area contributed by atoms with E-state index in [9.17, 15) is 4.79 Å². The van der Waals surface area contributed by atoms with Crippen LogP contribution in [0, 0.1) is 0 Å². The zero-order valence-electron chi connectivity index (χ0n) is 14.0. The van der Waals surface area contributed by atoms with E-state index < -0.39 is 0 Å². The van der Waals surface area contributed by atoms with Gasteiger partial charge in [-0.05, 0) is 42.7 Å². The Kier molecular flexibility index (Phi) is 4.89. The van der Waals surface area contributed by atoms with Crippen LogP contribution >= 0.6 is 0 Å². The van der Waals surface area contributed by atoms with Gasteiger partial charge in [-0.15, -0.1) is 0 Å². The molecule has 0 unspecified atom stereocenters. The first-order valence-electron chi connectivity index (χ1n) is 8.08. The zero-order chi connectivity index (χ0) is 16.9. The van der Waals surface area contributed by atoms with Crippen LogP contribution in [-0.4, -0.2) is 26.7 Å². The van der Waals surface area contributed by atoms with Crippen LogP contribution < -0.4 is 20.1 Å². The highest BCUT2D eigenvalue weighted by molar-refractivity contribution is 5.97. The zero-order valence-corrected chi connectivity index (χ0v) is 14.0. The van der Waals surface area contributed by atoms with E-state index in [1.54, 1.807) is 14.2 Å². The minimum atomic E-state index is -0.0616. The molecule has 2 aromatic carbocycles. The number of ether oxygens (including phenoxy) is 2. The van der Waals surface area contributed by atoms with Crippen molar-refractivity contribution in [3.63, 3.8) is 0 Å². The molecule has 0 aliphatic carbocycles. The minimum Gasteiger partial charge on any atom is -0.497 e. The minimum absolute atomic E-state index is 0.0616. The summed E-state index contributed by atoms with van der Waals surface area (Å²) in [5.41, 5.74) is 3.82. The molecule has 2 N–H and O–H groups in total. The predicted octanol–water partition coefficient (Wildman–Crippen LogP) is 2.99. The standard InChI is InChI=1S/C19H22N2O3/c1-23-14-9-8-13(18(11-14)24-2)12-21-19(22)16-5-3-7-17-15(16)6-4-10-20-17/h3,5,7-9,11,20H,4,6,10,12H2,1-2H3,(H,21,22). The van der Waals surface area contributed by atoms with Crippen LogP contribution in [0.3, 0.4) is 0 Å². The third-order valence-corrected chi connectivity index (χ3v) is 4.27. The Morgan fingerprint density at radius 1 is 1.21 bits per heavy atom. The molecule has 2 aromatic rings. The van der Waals surface area contributed by atoms with Crippen LogP contribution in [0.2, 0.25) is 0 Å². The van der Waals surface area contributed by atoms with Crippen molar-refractivity contribution in [1.29, 1.82) is 0 Å². The molecule has 126 valence electrons. The van der Waals surface area contributed by atoms with Gasteiger partial charge < -0.3 is 20.1 Å². The van der Waals surface area contributed by atoms with Crippen molar-refractivity contribution in [2.24, 2.45) is 0 Å². The molecule has 0 radical (unpaired) electrons. The fraction of sp³-hybridized carbons (Fsp3) is 0.316. The molecule has 0 bridgehead atoms. The largest absolute Gasteiger partial charge is 0.497 e. The number of benzene rings is 2. The maximum Gasteiger partial charge on any atom is 0.251 e. The highest BCUT2D eigenvalue weighted by atomic mass is 16.5. The van der Waals surface area contributed by atoms with Gasteiger partial charge in [0.05, 0.1) is 14.2 Å². The fourth-order valence-electron chi connectivity index (χ4n) is 2.99. The van der Waals surface area contributed by atoms with E-state index in [1.807, 2.05) is 36.4 Å². The number of carbonyl (C=O) groups is 1. The monoisotopic (exact) mass is 326 g/mol. The Hall–Kier alpha value is -2.69. The van der Waals surface area contributed by atoms with Gasteiger partial charge in [0, 0.05) is 36.0 Å². The number of amides is 1. The number of nitrogens with one attached hydrogen (secondary N) is 2. The lowest BCUT2D eigenvalue weighted by atomic mass is 9.97. The third kappa shape index (κ3) is 3.30. The summed E-state index contributed by atoms with van der Waals surface area (Å²) in [4.78, 5) is 12.6. The van der Waals surface area contributed by atoms with E-state index in [1.165, 1.54) is 0 Å². The van der Waals surface area contributed by atoms with Gasteiger partial charge in [0.1, 0.15) is 11.5 Å². The molecule has 0 spiro atoms. The second-order valence-corrected chi connectivity index (χ2v) is 5.72. The summed E-state index contributed by atoms with van der Waals surface area (Å²) in [6.07, 6.45) is 1.97. The number of fused-ring (bicyclic) bond motifs is 1. The molecule has 1 aliphatic heterocycles. The Morgan fingerprint density at radius 3 is 2.88 bits per heavy atom. The van der Waals surface area contributed by atoms with E-state index in [0.717, 1.165) is 47.5 Å². The second-order valence-electron chi connectivity index (χ2n) is 5.72. The van der Waals surface area contributed by atoms with E-state index >= 15 is 0 Å². The van der Waals surface area contributed by atoms with Crippen molar-refractivity contribution >= 4 is 11.6 Å². The highest BCUT2D eigenvalue weighted by Crippen LogP contribution is 2.26. The van der Waals surface area contributed by atoms with Gasteiger partial charge in [-0.3, -0.25) is 4.79 Å². The van der Waals surface area contributed by atoms with E-state index in [0.29, 0.717) is 12.3 Å². The topological polar surface area (TPSA) is 59.6 Å². The molecule has 0 saturated heterocycles. The summed E-state index contributed by atoms with van der Waals surface area (Å²) >= 11 is 0. The van der Waals surface area contributed by atoms with Crippen LogP contribution in [-0.2, 0) is 13.0 Å². The predicted molar refractivity (Wildman–Crippen MR) is 94.0 cm³/mol. The quantitative estimate of drug-likeness (QED) is 0.887. The van der Waals surface area contributed by atoms with Crippen molar-refractivity contribution in [1.82, 2.24) is 5.32 Å². The van der Waals surface area contributed by atoms with Gasteiger partial charge in [-0.25, -0.2) is 0 Å². The third-order valence-electron chi connectivity index (χ3n) is 4.27. The molecule has 5 nitrogen and oxygen atoms in total. The SMILES string of the molecule is COc1ccc(CNC(=O)c2cccc3c2CCCN3)c(OC)c1. The van der Waals surface area contributed by atoms with Crippen LogP contribution in [0.15, 0.2) is 36.4 Å². The van der Waals surface area contributed by atoms with Crippen molar-refractivity contribution in [3.8, 4) is 11.5 Å². The fourth-order valence-corrected chi connectivity index (χ4v) is 2.99. The summed E-state index contributed by atoms with van der Waals surface area (Å²) in [7, 11) is 3.22. The molecule has 0 fully saturated rings. The van der Waals surface area contributed by atoms with Gasteiger partial charge in [-0.2, -0.15) is 0 Å². The maximum atomic E-state index is 12.6. The summed E-state index contributed by atoms with van der Waals surface area (Å²) in [6.45, 7) is 1.37. The normalized spacial score (nSPS) is 12.8. The number of hydrogen-bond donors (Lipinski definition) is 2. The molecule has 0 aromatic heterocycles. The lowest BCUT2D eigenvalue weighted by Gasteiger charge is -2.20. The van der Waals surface area contributed by atoms with Crippen LogP contribution in [0.25, 0.3) is 0 Å². The maximum absolute atomic E-state index is 12.6. The summed E-state index contributed by atoms with van der Waals surface area (Å²) in [5.74, 6) is 1.37. The molecule has 1 amide bonds. The molecule has 24 heavy (non-hydrogen) atoms. The van der Waals surface area contributed by atoms with Gasteiger partial charge in [0.25, 0.3) is 5.91 Å². The highest BCUT2D eigenvalue weighted by Gasteiger charge is 2.17. The first-order valence-corrected chi connectivity index (χ1v) is 8.08. The molecule has 1 aliphatic rings. The Bertz CT molecular complexity index is 743. The second kappa shape index (κ2) is 7.25. The lowest BCUT2D eigenvalue weighted by Crippen LogP contribution is -2.26. The summed E-state index contributed by atoms with van der Waals surface area (Å²) < 4.78 is 10.6. The molecule has 3 rings (SSSR count). The first kappa shape index (κ1) is 16.2. The number of carbonyl (C=O) groups excluding carboxylic acids is 1. The van der Waals surface area contributed by atoms with Gasteiger partial charge in [0.2, 0.25) is 0 Å². The average Bonchev–Trinajstić information content (AvgIpc) is 2.65. The van der Waals surface area contributed by atoms with Crippen LogP contribution in [0.1, 0.15) is 27.9 Å². The number of anilines is 1. The van der Waals surface area contributed by atoms with Crippen molar-refractivity contribution in [2.45, 2.75) is 19.4 Å². The van der Waals surface area contributed by atoms with Crippen LogP contribution in [0.5, 0.6) is 11.5 Å². The van der Waals surface area contributed by atoms with Crippen molar-refractivity contribution in [2.75, 3.05) is 26.1 Å². The molecule has 0 atom stereocenters. The van der Waals surface area contributed by atoms with E-state index in [-0.39, 0.29) is 5.91 Å². The number of hydrogen-bond acceptors (Lipinski definition) is 4. The summed E-state index contributed by atoms with van der Waals surface area (Å²) in [6, 6.07) is 11.4. The van der Waals surface area contributed by atoms with E-state index in [4.69, 9.17) is 9.47 Å². The average molecular weight is 326 g/mol. The van der Waals surface area contributed by atoms with Crippen molar-refractivity contribution < 1.29 is 14.3 Å². The molecular formula is C19H22N2O3. The summed E-state index contributed by atoms with van der Waals surface area (Å²) in [5, 5.41) is 6.34. The van der Waals surface area contributed by atoms with Crippen LogP contribution in [0.4, 0.5) is 5.69 Å². The molecular weight excluding hydrogens is 304 g/mol. The Morgan fingerprint density at radius 2 is 2.08 bits per heavy atom. The van der Waals surface area contributed by atoms with Gasteiger partial charge in [0.15, 0.2) is 0 Å².